The molecule has 0 amide bonds. The van der Waals surface area contributed by atoms with Gasteiger partial charge in [0.25, 0.3) is 0 Å². The first-order valence-electron chi connectivity index (χ1n) is 5.90. The van der Waals surface area contributed by atoms with E-state index in [1.165, 1.54) is 0 Å². The summed E-state index contributed by atoms with van der Waals surface area (Å²) in [5.41, 5.74) is 1.16. The fourth-order valence-corrected chi connectivity index (χ4v) is 3.42. The summed E-state index contributed by atoms with van der Waals surface area (Å²) >= 11 is 7.01. The van der Waals surface area contributed by atoms with Gasteiger partial charge in [-0.05, 0) is 68.6 Å². The standard InChI is InChI=1S/C14H15Br2NO2/c1-9(13-4-3-5-19-13)17-8-10-6-11(15)14(18-2)12(16)7-10/h3-7,9,17H,8H2,1-2H3/t9-/m0/s1. The van der Waals surface area contributed by atoms with E-state index < -0.39 is 0 Å². The molecule has 0 unspecified atom stereocenters. The van der Waals surface area contributed by atoms with Crippen molar-refractivity contribution in [3.8, 4) is 5.75 Å². The minimum Gasteiger partial charge on any atom is -0.494 e. The topological polar surface area (TPSA) is 34.4 Å². The summed E-state index contributed by atoms with van der Waals surface area (Å²) in [5, 5.41) is 3.42. The average molecular weight is 389 g/mol. The van der Waals surface area contributed by atoms with Crippen LogP contribution in [0, 0.1) is 0 Å². The Hall–Kier alpha value is -0.780. The number of nitrogens with one attached hydrogen (secondary N) is 1. The molecule has 3 nitrogen and oxygen atoms in total. The van der Waals surface area contributed by atoms with Crippen molar-refractivity contribution < 1.29 is 9.15 Å². The summed E-state index contributed by atoms with van der Waals surface area (Å²) in [4.78, 5) is 0. The van der Waals surface area contributed by atoms with Gasteiger partial charge in [-0.25, -0.2) is 0 Å². The predicted octanol–water partition coefficient (Wildman–Crippen LogP) is 4.66. The first-order chi connectivity index (χ1) is 9.11. The largest absolute Gasteiger partial charge is 0.494 e. The first-order valence-corrected chi connectivity index (χ1v) is 7.49. The summed E-state index contributed by atoms with van der Waals surface area (Å²) in [5.74, 6) is 1.74. The van der Waals surface area contributed by atoms with Gasteiger partial charge in [-0.1, -0.05) is 0 Å². The fourth-order valence-electron chi connectivity index (χ4n) is 1.82. The Bertz CT molecular complexity index is 517. The van der Waals surface area contributed by atoms with Crippen LogP contribution < -0.4 is 10.1 Å². The zero-order chi connectivity index (χ0) is 13.8. The van der Waals surface area contributed by atoms with E-state index in [2.05, 4.69) is 44.1 Å². The van der Waals surface area contributed by atoms with Crippen LogP contribution in [0.5, 0.6) is 5.75 Å². The Morgan fingerprint density at radius 2 is 2.00 bits per heavy atom. The van der Waals surface area contributed by atoms with E-state index in [-0.39, 0.29) is 6.04 Å². The Morgan fingerprint density at radius 1 is 1.32 bits per heavy atom. The molecule has 0 spiro atoms. The molecule has 0 saturated heterocycles. The number of methoxy groups -OCH3 is 1. The molecule has 1 heterocycles. The molecular formula is C14H15Br2NO2. The summed E-state index contributed by atoms with van der Waals surface area (Å²) in [7, 11) is 1.65. The van der Waals surface area contributed by atoms with E-state index in [9.17, 15) is 0 Å². The van der Waals surface area contributed by atoms with Crippen LogP contribution in [-0.2, 0) is 6.54 Å². The van der Waals surface area contributed by atoms with Crippen molar-refractivity contribution in [2.75, 3.05) is 7.11 Å². The summed E-state index contributed by atoms with van der Waals surface area (Å²) < 4.78 is 12.5. The number of rotatable bonds is 5. The molecule has 102 valence electrons. The highest BCUT2D eigenvalue weighted by Gasteiger charge is 2.10. The van der Waals surface area contributed by atoms with Crippen molar-refractivity contribution in [2.24, 2.45) is 0 Å². The van der Waals surface area contributed by atoms with Crippen molar-refractivity contribution in [3.63, 3.8) is 0 Å². The Balaban J connectivity index is 2.04. The van der Waals surface area contributed by atoms with Gasteiger partial charge in [-0.2, -0.15) is 0 Å². The Morgan fingerprint density at radius 3 is 2.53 bits per heavy atom. The van der Waals surface area contributed by atoms with Crippen LogP contribution in [0.4, 0.5) is 0 Å². The number of halogens is 2. The molecule has 19 heavy (non-hydrogen) atoms. The van der Waals surface area contributed by atoms with Gasteiger partial charge in [0.05, 0.1) is 28.4 Å². The lowest BCUT2D eigenvalue weighted by atomic mass is 10.2. The number of hydrogen-bond donors (Lipinski definition) is 1. The molecule has 5 heteroatoms. The van der Waals surface area contributed by atoms with Crippen LogP contribution in [-0.4, -0.2) is 7.11 Å². The third-order valence-corrected chi connectivity index (χ3v) is 4.02. The maximum absolute atomic E-state index is 5.37. The third kappa shape index (κ3) is 3.61. The fraction of sp³-hybridized carbons (Fsp3) is 0.286. The van der Waals surface area contributed by atoms with Crippen LogP contribution in [0.2, 0.25) is 0 Å². The van der Waals surface area contributed by atoms with Crippen LogP contribution in [0.25, 0.3) is 0 Å². The third-order valence-electron chi connectivity index (χ3n) is 2.84. The van der Waals surface area contributed by atoms with Crippen molar-refractivity contribution >= 4 is 31.9 Å². The SMILES string of the molecule is COc1c(Br)cc(CN[C@@H](C)c2ccco2)cc1Br. The monoisotopic (exact) mass is 387 g/mol. The number of hydrogen-bond acceptors (Lipinski definition) is 3. The molecule has 0 aliphatic heterocycles. The van der Waals surface area contributed by atoms with Crippen molar-refractivity contribution in [3.05, 3.63) is 50.8 Å². The second-order valence-corrected chi connectivity index (χ2v) is 5.92. The van der Waals surface area contributed by atoms with Crippen molar-refractivity contribution in [1.82, 2.24) is 5.32 Å². The first kappa shape index (κ1) is 14.6. The lowest BCUT2D eigenvalue weighted by Gasteiger charge is -2.13. The minimum atomic E-state index is 0.176. The number of furan rings is 1. The molecule has 0 fully saturated rings. The maximum atomic E-state index is 5.37. The lowest BCUT2D eigenvalue weighted by Crippen LogP contribution is -2.17. The zero-order valence-corrected chi connectivity index (χ0v) is 13.9. The smallest absolute Gasteiger partial charge is 0.147 e. The van der Waals surface area contributed by atoms with E-state index >= 15 is 0 Å². The molecular weight excluding hydrogens is 374 g/mol. The van der Waals surface area contributed by atoms with Crippen molar-refractivity contribution in [2.45, 2.75) is 19.5 Å². The summed E-state index contributed by atoms with van der Waals surface area (Å²) in [6, 6.07) is 8.14. The van der Waals surface area contributed by atoms with Crippen LogP contribution in [0.1, 0.15) is 24.3 Å². The molecule has 0 saturated carbocycles. The molecule has 0 radical (unpaired) electrons. The average Bonchev–Trinajstić information content (AvgIpc) is 2.89. The van der Waals surface area contributed by atoms with Crippen LogP contribution in [0.15, 0.2) is 43.9 Å². The molecule has 1 N–H and O–H groups in total. The second kappa shape index (κ2) is 6.59. The lowest BCUT2D eigenvalue weighted by molar-refractivity contribution is 0.408. The van der Waals surface area contributed by atoms with Gasteiger partial charge in [-0.15, -0.1) is 0 Å². The molecule has 0 bridgehead atoms. The Labute approximate surface area is 129 Å². The van der Waals surface area contributed by atoms with Gasteiger partial charge in [0.2, 0.25) is 0 Å². The van der Waals surface area contributed by atoms with Crippen LogP contribution in [0.3, 0.4) is 0 Å². The summed E-state index contributed by atoms with van der Waals surface area (Å²) in [6.07, 6.45) is 1.69. The highest BCUT2D eigenvalue weighted by atomic mass is 79.9. The molecule has 1 aromatic heterocycles. The van der Waals surface area contributed by atoms with E-state index in [0.717, 1.165) is 32.6 Å². The number of ether oxygens (including phenoxy) is 1. The van der Waals surface area contributed by atoms with Gasteiger partial charge in [-0.3, -0.25) is 0 Å². The summed E-state index contributed by atoms with van der Waals surface area (Å²) in [6.45, 7) is 2.83. The molecule has 1 atom stereocenters. The maximum Gasteiger partial charge on any atom is 0.147 e. The molecule has 2 rings (SSSR count). The predicted molar refractivity (Wildman–Crippen MR) is 82.4 cm³/mol. The highest BCUT2D eigenvalue weighted by molar-refractivity contribution is 9.11. The Kier molecular flexibility index (Phi) is 5.07. The van der Waals surface area contributed by atoms with Gasteiger partial charge in [0.15, 0.2) is 0 Å². The number of benzene rings is 1. The van der Waals surface area contributed by atoms with Crippen LogP contribution >= 0.6 is 31.9 Å². The quantitative estimate of drug-likeness (QED) is 0.808. The molecule has 0 aliphatic rings. The van der Waals surface area contributed by atoms with Gasteiger partial charge >= 0.3 is 0 Å². The van der Waals surface area contributed by atoms with E-state index in [0.29, 0.717) is 0 Å². The minimum absolute atomic E-state index is 0.176. The zero-order valence-electron chi connectivity index (χ0n) is 10.7. The van der Waals surface area contributed by atoms with E-state index in [1.54, 1.807) is 13.4 Å². The van der Waals surface area contributed by atoms with E-state index in [1.807, 2.05) is 24.3 Å². The van der Waals surface area contributed by atoms with Gasteiger partial charge in [0, 0.05) is 6.54 Å². The highest BCUT2D eigenvalue weighted by Crippen LogP contribution is 2.34. The molecule has 0 aliphatic carbocycles. The molecule has 2 aromatic rings. The second-order valence-electron chi connectivity index (χ2n) is 4.21. The van der Waals surface area contributed by atoms with Gasteiger partial charge < -0.3 is 14.5 Å². The van der Waals surface area contributed by atoms with Gasteiger partial charge in [0.1, 0.15) is 11.5 Å². The molecule has 1 aromatic carbocycles. The normalized spacial score (nSPS) is 12.4. The van der Waals surface area contributed by atoms with Crippen molar-refractivity contribution in [1.29, 1.82) is 0 Å². The van der Waals surface area contributed by atoms with E-state index in [4.69, 9.17) is 9.15 Å².